The second kappa shape index (κ2) is 5.61. The van der Waals surface area contributed by atoms with E-state index in [0.29, 0.717) is 17.8 Å². The number of fused-ring (bicyclic) bond motifs is 1. The van der Waals surface area contributed by atoms with Crippen molar-refractivity contribution >= 4 is 11.4 Å². The summed E-state index contributed by atoms with van der Waals surface area (Å²) >= 11 is 0. The average molecular weight is 322 g/mol. The highest BCUT2D eigenvalue weighted by Gasteiger charge is 2.22. The van der Waals surface area contributed by atoms with Gasteiger partial charge < -0.3 is 9.95 Å². The van der Waals surface area contributed by atoms with E-state index in [0.717, 1.165) is 28.2 Å². The van der Waals surface area contributed by atoms with Gasteiger partial charge in [-0.1, -0.05) is 5.16 Å². The first-order valence-electron chi connectivity index (χ1n) is 7.84. The fraction of sp³-hybridized carbons (Fsp3) is 0.235. The Kier molecular flexibility index (Phi) is 3.42. The number of hydrogen-bond acceptors (Lipinski definition) is 7. The van der Waals surface area contributed by atoms with E-state index in [-0.39, 0.29) is 0 Å². The Labute approximate surface area is 139 Å². The van der Waals surface area contributed by atoms with Crippen LogP contribution in [0.1, 0.15) is 19.5 Å². The lowest BCUT2D eigenvalue weighted by Crippen LogP contribution is -2.41. The van der Waals surface area contributed by atoms with Crippen LogP contribution in [0.15, 0.2) is 41.1 Å². The molecule has 122 valence electrons. The summed E-state index contributed by atoms with van der Waals surface area (Å²) in [5.74, 6) is 1.03. The fourth-order valence-electron chi connectivity index (χ4n) is 2.74. The summed E-state index contributed by atoms with van der Waals surface area (Å²) in [4.78, 5) is 8.78. The highest BCUT2D eigenvalue weighted by molar-refractivity contribution is 5.78. The van der Waals surface area contributed by atoms with Crippen LogP contribution in [0.5, 0.6) is 0 Å². The van der Waals surface area contributed by atoms with E-state index in [9.17, 15) is 0 Å². The summed E-state index contributed by atoms with van der Waals surface area (Å²) in [5, 5.41) is 6.15. The van der Waals surface area contributed by atoms with Crippen molar-refractivity contribution in [2.24, 2.45) is 0 Å². The summed E-state index contributed by atoms with van der Waals surface area (Å²) in [6, 6.07) is 10.2. The van der Waals surface area contributed by atoms with Gasteiger partial charge in [0.05, 0.1) is 11.4 Å². The summed E-state index contributed by atoms with van der Waals surface area (Å²) in [7, 11) is 0. The largest absolute Gasteiger partial charge is 0.334 e. The van der Waals surface area contributed by atoms with Crippen molar-refractivity contribution in [3.63, 3.8) is 0 Å². The highest BCUT2D eigenvalue weighted by atomic mass is 16.5. The third-order valence-electron chi connectivity index (χ3n) is 4.00. The smallest absolute Gasteiger partial charge is 0.258 e. The van der Waals surface area contributed by atoms with E-state index < -0.39 is 0 Å². The van der Waals surface area contributed by atoms with Crippen molar-refractivity contribution in [2.45, 2.75) is 26.8 Å². The molecule has 0 atom stereocenters. The SMILES string of the molecule is Cc1ncccc1-c1noc(-c2ccc3c(c2)NNN3C(C)C)n1. The molecule has 3 heterocycles. The monoisotopic (exact) mass is 322 g/mol. The Morgan fingerprint density at radius 3 is 2.88 bits per heavy atom. The highest BCUT2D eigenvalue weighted by Crippen LogP contribution is 2.34. The van der Waals surface area contributed by atoms with Crippen LogP contribution in [-0.2, 0) is 0 Å². The van der Waals surface area contributed by atoms with Gasteiger partial charge in [0.25, 0.3) is 5.89 Å². The number of hydrogen-bond donors (Lipinski definition) is 2. The number of nitrogens with zero attached hydrogens (tertiary/aromatic N) is 4. The molecule has 24 heavy (non-hydrogen) atoms. The first-order chi connectivity index (χ1) is 11.6. The second-order valence-corrected chi connectivity index (χ2v) is 5.99. The van der Waals surface area contributed by atoms with Gasteiger partial charge in [0.1, 0.15) is 0 Å². The van der Waals surface area contributed by atoms with Gasteiger partial charge in [0.15, 0.2) is 0 Å². The van der Waals surface area contributed by atoms with Crippen LogP contribution < -0.4 is 16.0 Å². The van der Waals surface area contributed by atoms with Crippen LogP contribution in [-0.4, -0.2) is 21.2 Å². The van der Waals surface area contributed by atoms with Crippen LogP contribution in [0.25, 0.3) is 22.8 Å². The minimum Gasteiger partial charge on any atom is -0.334 e. The Morgan fingerprint density at radius 2 is 2.08 bits per heavy atom. The van der Waals surface area contributed by atoms with Crippen LogP contribution in [0, 0.1) is 6.92 Å². The lowest BCUT2D eigenvalue weighted by Gasteiger charge is -2.21. The van der Waals surface area contributed by atoms with Gasteiger partial charge in [0.2, 0.25) is 5.82 Å². The maximum Gasteiger partial charge on any atom is 0.258 e. The summed E-state index contributed by atoms with van der Waals surface area (Å²) in [5.41, 5.74) is 11.0. The van der Waals surface area contributed by atoms with Gasteiger partial charge in [-0.25, -0.2) is 0 Å². The molecule has 7 heteroatoms. The van der Waals surface area contributed by atoms with Crippen molar-refractivity contribution in [3.05, 3.63) is 42.2 Å². The zero-order chi connectivity index (χ0) is 16.7. The van der Waals surface area contributed by atoms with Gasteiger partial charge in [-0.15, -0.1) is 5.53 Å². The third-order valence-corrected chi connectivity index (χ3v) is 4.00. The number of pyridine rings is 1. The molecule has 0 bridgehead atoms. The summed E-state index contributed by atoms with van der Waals surface area (Å²) in [6.45, 7) is 6.17. The zero-order valence-electron chi connectivity index (χ0n) is 13.7. The molecule has 0 spiro atoms. The molecule has 0 unspecified atom stereocenters. The Balaban J connectivity index is 1.68. The van der Waals surface area contributed by atoms with Crippen LogP contribution >= 0.6 is 0 Å². The number of nitrogens with one attached hydrogen (secondary N) is 2. The van der Waals surface area contributed by atoms with E-state index in [4.69, 9.17) is 4.52 Å². The standard InChI is InChI=1S/C17H18N6O/c1-10(2)23-15-7-6-12(9-14(15)20-22-23)17-19-16(21-24-17)13-5-4-8-18-11(13)3/h4-10,20,22H,1-3H3. The van der Waals surface area contributed by atoms with Crippen molar-refractivity contribution in [2.75, 3.05) is 10.4 Å². The normalized spacial score (nSPS) is 13.2. The number of aryl methyl sites for hydroxylation is 1. The number of hydrazine groups is 2. The molecule has 4 rings (SSSR count). The zero-order valence-corrected chi connectivity index (χ0v) is 13.7. The fourth-order valence-corrected chi connectivity index (χ4v) is 2.74. The summed E-state index contributed by atoms with van der Waals surface area (Å²) < 4.78 is 5.44. The van der Waals surface area contributed by atoms with Crippen molar-refractivity contribution in [1.82, 2.24) is 20.7 Å². The predicted octanol–water partition coefficient (Wildman–Crippen LogP) is 3.17. The van der Waals surface area contributed by atoms with E-state index in [1.165, 1.54) is 0 Å². The third kappa shape index (κ3) is 2.39. The van der Waals surface area contributed by atoms with Gasteiger partial charge in [-0.3, -0.25) is 9.99 Å². The van der Waals surface area contributed by atoms with E-state index >= 15 is 0 Å². The van der Waals surface area contributed by atoms with Crippen LogP contribution in [0.2, 0.25) is 0 Å². The molecule has 0 amide bonds. The van der Waals surface area contributed by atoms with Crippen LogP contribution in [0.4, 0.5) is 11.4 Å². The lowest BCUT2D eigenvalue weighted by atomic mass is 10.1. The molecule has 7 nitrogen and oxygen atoms in total. The maximum atomic E-state index is 5.44. The molecule has 1 aliphatic rings. The molecule has 0 fully saturated rings. The van der Waals surface area contributed by atoms with Gasteiger partial charge in [0, 0.05) is 29.1 Å². The molecule has 0 aliphatic carbocycles. The number of rotatable bonds is 3. The van der Waals surface area contributed by atoms with Gasteiger partial charge in [-0.2, -0.15) is 4.98 Å². The lowest BCUT2D eigenvalue weighted by molar-refractivity contribution is 0.432. The Hall–Kier alpha value is -2.93. The maximum absolute atomic E-state index is 5.44. The van der Waals surface area contributed by atoms with Gasteiger partial charge in [-0.05, 0) is 51.1 Å². The molecule has 0 saturated carbocycles. The van der Waals surface area contributed by atoms with E-state index in [1.807, 2.05) is 37.3 Å². The molecule has 0 saturated heterocycles. The van der Waals surface area contributed by atoms with E-state index in [2.05, 4.69) is 44.9 Å². The average Bonchev–Trinajstić information content (AvgIpc) is 3.21. The topological polar surface area (TPSA) is 79.1 Å². The first-order valence-corrected chi connectivity index (χ1v) is 7.84. The molecule has 2 aromatic heterocycles. The van der Waals surface area contributed by atoms with Crippen LogP contribution in [0.3, 0.4) is 0 Å². The van der Waals surface area contributed by atoms with Crippen molar-refractivity contribution in [1.29, 1.82) is 0 Å². The molecule has 1 aliphatic heterocycles. The second-order valence-electron chi connectivity index (χ2n) is 5.99. The molecule has 1 aromatic carbocycles. The minimum absolute atomic E-state index is 0.341. The minimum atomic E-state index is 0.341. The number of anilines is 2. The molecular weight excluding hydrogens is 304 g/mol. The van der Waals surface area contributed by atoms with Crippen molar-refractivity contribution in [3.8, 4) is 22.8 Å². The number of aromatic nitrogens is 3. The molecule has 2 N–H and O–H groups in total. The van der Waals surface area contributed by atoms with E-state index in [1.54, 1.807) is 6.20 Å². The Morgan fingerprint density at radius 1 is 1.21 bits per heavy atom. The molecule has 0 radical (unpaired) electrons. The quantitative estimate of drug-likeness (QED) is 0.766. The Bertz CT molecular complexity index is 888. The number of benzene rings is 1. The van der Waals surface area contributed by atoms with Crippen molar-refractivity contribution < 1.29 is 4.52 Å². The molecular formula is C17H18N6O. The van der Waals surface area contributed by atoms with Gasteiger partial charge >= 0.3 is 0 Å². The molecule has 3 aromatic rings. The first kappa shape index (κ1) is 14.6. The summed E-state index contributed by atoms with van der Waals surface area (Å²) in [6.07, 6.45) is 1.75. The predicted molar refractivity (Wildman–Crippen MR) is 92.1 cm³/mol.